The van der Waals surface area contributed by atoms with E-state index in [1.54, 1.807) is 0 Å². The Hall–Kier alpha value is -1.22. The van der Waals surface area contributed by atoms with Gasteiger partial charge in [0.1, 0.15) is 5.75 Å². The van der Waals surface area contributed by atoms with E-state index < -0.39 is 0 Å². The topological polar surface area (TPSA) is 41.5 Å². The standard InChI is InChI=1S/C16H25NO2/c1-16(2,12-18)11-17-13-7-9-15(10-8-13)19-14-5-3-4-6-14/h7-10,14,17-18H,3-6,11-12H2,1-2H3. The lowest BCUT2D eigenvalue weighted by molar-refractivity contribution is 0.171. The zero-order valence-corrected chi connectivity index (χ0v) is 12.0. The molecule has 1 aromatic carbocycles. The summed E-state index contributed by atoms with van der Waals surface area (Å²) < 4.78 is 5.93. The van der Waals surface area contributed by atoms with Gasteiger partial charge in [-0.25, -0.2) is 0 Å². The minimum Gasteiger partial charge on any atom is -0.490 e. The Morgan fingerprint density at radius 2 is 1.84 bits per heavy atom. The van der Waals surface area contributed by atoms with Crippen molar-refractivity contribution < 1.29 is 9.84 Å². The summed E-state index contributed by atoms with van der Waals surface area (Å²) in [4.78, 5) is 0. The first-order valence-corrected chi connectivity index (χ1v) is 7.20. The molecule has 19 heavy (non-hydrogen) atoms. The van der Waals surface area contributed by atoms with Crippen LogP contribution in [0.4, 0.5) is 5.69 Å². The zero-order valence-electron chi connectivity index (χ0n) is 12.0. The number of anilines is 1. The van der Waals surface area contributed by atoms with Crippen molar-refractivity contribution >= 4 is 5.69 Å². The van der Waals surface area contributed by atoms with E-state index in [0.29, 0.717) is 6.10 Å². The van der Waals surface area contributed by atoms with Gasteiger partial charge in [-0.1, -0.05) is 13.8 Å². The maximum Gasteiger partial charge on any atom is 0.119 e. The maximum absolute atomic E-state index is 9.22. The first-order chi connectivity index (χ1) is 9.09. The molecule has 1 aliphatic rings. The van der Waals surface area contributed by atoms with E-state index in [9.17, 15) is 5.11 Å². The van der Waals surface area contributed by atoms with Crippen molar-refractivity contribution in [2.45, 2.75) is 45.6 Å². The van der Waals surface area contributed by atoms with Crippen molar-refractivity contribution in [2.24, 2.45) is 5.41 Å². The van der Waals surface area contributed by atoms with Gasteiger partial charge in [0.15, 0.2) is 0 Å². The Morgan fingerprint density at radius 3 is 2.42 bits per heavy atom. The number of benzene rings is 1. The Labute approximate surface area is 116 Å². The second-order valence-corrected chi connectivity index (χ2v) is 6.22. The van der Waals surface area contributed by atoms with E-state index in [1.165, 1.54) is 25.7 Å². The van der Waals surface area contributed by atoms with Gasteiger partial charge < -0.3 is 15.2 Å². The molecule has 0 amide bonds. The molecule has 0 atom stereocenters. The SMILES string of the molecule is CC(C)(CO)CNc1ccc(OC2CCCC2)cc1. The van der Waals surface area contributed by atoms with Crippen LogP contribution in [0.15, 0.2) is 24.3 Å². The van der Waals surface area contributed by atoms with Crippen LogP contribution in [0.25, 0.3) is 0 Å². The highest BCUT2D eigenvalue weighted by Gasteiger charge is 2.17. The summed E-state index contributed by atoms with van der Waals surface area (Å²) >= 11 is 0. The Bertz CT molecular complexity index is 380. The van der Waals surface area contributed by atoms with Crippen molar-refractivity contribution in [2.75, 3.05) is 18.5 Å². The number of hydrogen-bond acceptors (Lipinski definition) is 3. The summed E-state index contributed by atoms with van der Waals surface area (Å²) in [5.41, 5.74) is 0.972. The molecule has 1 aliphatic carbocycles. The molecule has 0 aliphatic heterocycles. The van der Waals surface area contributed by atoms with E-state index in [2.05, 4.69) is 5.32 Å². The highest BCUT2D eigenvalue weighted by atomic mass is 16.5. The van der Waals surface area contributed by atoms with Gasteiger partial charge in [-0.15, -0.1) is 0 Å². The fourth-order valence-corrected chi connectivity index (χ4v) is 2.25. The number of rotatable bonds is 6. The van der Waals surface area contributed by atoms with Gasteiger partial charge >= 0.3 is 0 Å². The number of aliphatic hydroxyl groups excluding tert-OH is 1. The number of ether oxygens (including phenoxy) is 1. The van der Waals surface area contributed by atoms with Gasteiger partial charge in [0.25, 0.3) is 0 Å². The van der Waals surface area contributed by atoms with Gasteiger partial charge in [-0.3, -0.25) is 0 Å². The highest BCUT2D eigenvalue weighted by molar-refractivity contribution is 5.46. The molecule has 3 nitrogen and oxygen atoms in total. The van der Waals surface area contributed by atoms with Crippen molar-refractivity contribution in [3.63, 3.8) is 0 Å². The van der Waals surface area contributed by atoms with E-state index in [0.717, 1.165) is 18.0 Å². The molecule has 1 aromatic rings. The van der Waals surface area contributed by atoms with Gasteiger partial charge in [-0.05, 0) is 49.9 Å². The Kier molecular flexibility index (Phi) is 4.70. The second-order valence-electron chi connectivity index (χ2n) is 6.22. The summed E-state index contributed by atoms with van der Waals surface area (Å²) in [6, 6.07) is 8.12. The van der Waals surface area contributed by atoms with E-state index in [4.69, 9.17) is 4.74 Å². The second kappa shape index (κ2) is 6.29. The molecule has 0 aromatic heterocycles. The molecule has 0 saturated heterocycles. The number of aliphatic hydroxyl groups is 1. The van der Waals surface area contributed by atoms with Crippen LogP contribution in [0.5, 0.6) is 5.75 Å². The summed E-state index contributed by atoms with van der Waals surface area (Å²) in [6.45, 7) is 5.02. The van der Waals surface area contributed by atoms with Gasteiger partial charge in [0.05, 0.1) is 6.10 Å². The van der Waals surface area contributed by atoms with Crippen molar-refractivity contribution in [3.05, 3.63) is 24.3 Å². The van der Waals surface area contributed by atoms with Crippen LogP contribution in [0.1, 0.15) is 39.5 Å². The quantitative estimate of drug-likeness (QED) is 0.826. The molecule has 3 heteroatoms. The lowest BCUT2D eigenvalue weighted by Gasteiger charge is -2.22. The predicted octanol–water partition coefficient (Wildman–Crippen LogP) is 3.44. The van der Waals surface area contributed by atoms with Gasteiger partial charge in [0.2, 0.25) is 0 Å². The van der Waals surface area contributed by atoms with Crippen LogP contribution in [0, 0.1) is 5.41 Å². The normalized spacial score (nSPS) is 16.6. The Morgan fingerprint density at radius 1 is 1.21 bits per heavy atom. The molecule has 1 fully saturated rings. The van der Waals surface area contributed by atoms with Crippen molar-refractivity contribution in [1.29, 1.82) is 0 Å². The first-order valence-electron chi connectivity index (χ1n) is 7.20. The number of nitrogens with one attached hydrogen (secondary N) is 1. The Balaban J connectivity index is 1.84. The maximum atomic E-state index is 9.22. The molecule has 1 saturated carbocycles. The average molecular weight is 263 g/mol. The predicted molar refractivity (Wildman–Crippen MR) is 78.7 cm³/mol. The van der Waals surface area contributed by atoms with Gasteiger partial charge in [-0.2, -0.15) is 0 Å². The molecule has 0 unspecified atom stereocenters. The largest absolute Gasteiger partial charge is 0.490 e. The van der Waals surface area contributed by atoms with Crippen LogP contribution in [0.2, 0.25) is 0 Å². The van der Waals surface area contributed by atoms with Gasteiger partial charge in [0, 0.05) is 24.3 Å². The van der Waals surface area contributed by atoms with E-state index in [-0.39, 0.29) is 12.0 Å². The first kappa shape index (κ1) is 14.2. The monoisotopic (exact) mass is 263 g/mol. The van der Waals surface area contributed by atoms with Crippen LogP contribution < -0.4 is 10.1 Å². The molecule has 0 spiro atoms. The summed E-state index contributed by atoms with van der Waals surface area (Å²) in [5.74, 6) is 0.957. The minimum atomic E-state index is -0.0982. The third kappa shape index (κ3) is 4.43. The lowest BCUT2D eigenvalue weighted by atomic mass is 9.95. The van der Waals surface area contributed by atoms with E-state index in [1.807, 2.05) is 38.1 Å². The summed E-state index contributed by atoms with van der Waals surface area (Å²) in [7, 11) is 0. The van der Waals surface area contributed by atoms with Crippen LogP contribution in [-0.2, 0) is 0 Å². The van der Waals surface area contributed by atoms with E-state index >= 15 is 0 Å². The van der Waals surface area contributed by atoms with Crippen molar-refractivity contribution in [1.82, 2.24) is 0 Å². The molecular formula is C16H25NO2. The zero-order chi connectivity index (χ0) is 13.7. The molecule has 2 rings (SSSR count). The minimum absolute atomic E-state index is 0.0982. The molecule has 106 valence electrons. The summed E-state index contributed by atoms with van der Waals surface area (Å²) in [6.07, 6.45) is 5.36. The fraction of sp³-hybridized carbons (Fsp3) is 0.625. The fourth-order valence-electron chi connectivity index (χ4n) is 2.25. The lowest BCUT2D eigenvalue weighted by Crippen LogP contribution is -2.26. The van der Waals surface area contributed by atoms with Crippen molar-refractivity contribution in [3.8, 4) is 5.75 Å². The summed E-state index contributed by atoms with van der Waals surface area (Å²) in [5, 5.41) is 12.6. The smallest absolute Gasteiger partial charge is 0.119 e. The molecule has 0 heterocycles. The molecule has 2 N–H and O–H groups in total. The average Bonchev–Trinajstić information content (AvgIpc) is 2.91. The third-order valence-corrected chi connectivity index (χ3v) is 3.66. The van der Waals surface area contributed by atoms with Crippen LogP contribution in [-0.4, -0.2) is 24.4 Å². The third-order valence-electron chi connectivity index (χ3n) is 3.66. The molecule has 0 radical (unpaired) electrons. The molecule has 0 bridgehead atoms. The number of hydrogen-bond donors (Lipinski definition) is 2. The van der Waals surface area contributed by atoms with Crippen LogP contribution >= 0.6 is 0 Å². The highest BCUT2D eigenvalue weighted by Crippen LogP contribution is 2.25. The molecular weight excluding hydrogens is 238 g/mol. The van der Waals surface area contributed by atoms with Crippen LogP contribution in [0.3, 0.4) is 0 Å².